The smallest absolute Gasteiger partial charge is 0.475 e. The predicted octanol–water partition coefficient (Wildman–Crippen LogP) is 4.81. The Balaban J connectivity index is 0.000000364. The summed E-state index contributed by atoms with van der Waals surface area (Å²) in [5.41, 5.74) is 4.28. The lowest BCUT2D eigenvalue weighted by Crippen LogP contribution is -2.44. The van der Waals surface area contributed by atoms with Gasteiger partial charge >= 0.3 is 12.1 Å². The summed E-state index contributed by atoms with van der Waals surface area (Å²) in [7, 11) is 0. The molecule has 1 spiro atoms. The van der Waals surface area contributed by atoms with E-state index >= 15 is 0 Å². The Bertz CT molecular complexity index is 1210. The second-order valence-electron chi connectivity index (χ2n) is 8.88. The Morgan fingerprint density at radius 1 is 1.17 bits per heavy atom. The first-order chi connectivity index (χ1) is 16.5. The van der Waals surface area contributed by atoms with E-state index in [0.29, 0.717) is 6.61 Å². The van der Waals surface area contributed by atoms with Gasteiger partial charge in [0.1, 0.15) is 23.8 Å². The summed E-state index contributed by atoms with van der Waals surface area (Å²) in [6.45, 7) is 6.27. The normalized spacial score (nSPS) is 19.8. The number of alkyl halides is 3. The molecule has 0 bridgehead atoms. The molecule has 0 amide bonds. The summed E-state index contributed by atoms with van der Waals surface area (Å²) in [5, 5.41) is 7.12. The van der Waals surface area contributed by atoms with Crippen LogP contribution < -0.4 is 0 Å². The SMILES string of the molecule is Cc1cccc(CN2CCC3(C2)Cn2c(-c4cccc(F)c4)cnc2CO3)c1.O=C(O)C(F)(F)F. The number of likely N-dealkylation sites (tertiary alicyclic amines) is 1. The van der Waals surface area contributed by atoms with Gasteiger partial charge in [0.25, 0.3) is 0 Å². The van der Waals surface area contributed by atoms with E-state index in [9.17, 15) is 17.6 Å². The van der Waals surface area contributed by atoms with Gasteiger partial charge in [0.05, 0.1) is 18.4 Å². The molecular weight excluding hydrogens is 466 g/mol. The van der Waals surface area contributed by atoms with Gasteiger partial charge in [-0.2, -0.15) is 13.2 Å². The molecule has 1 fully saturated rings. The standard InChI is InChI=1S/C23H24FN3O.C2HF3O2/c1-17-4-2-5-18(10-17)13-26-9-8-23(15-26)16-27-21(12-25-22(27)14-28-23)19-6-3-7-20(24)11-19;3-2(4,5)1(6)7/h2-7,10-12H,8-9,13-16H2,1H3;(H,6,7). The van der Waals surface area contributed by atoms with Crippen LogP contribution >= 0.6 is 0 Å². The number of aliphatic carboxylic acids is 1. The lowest BCUT2D eigenvalue weighted by molar-refractivity contribution is -0.192. The van der Waals surface area contributed by atoms with Crippen molar-refractivity contribution in [3.8, 4) is 11.3 Å². The van der Waals surface area contributed by atoms with Gasteiger partial charge in [0.2, 0.25) is 0 Å². The fourth-order valence-electron chi connectivity index (χ4n) is 4.51. The first-order valence-electron chi connectivity index (χ1n) is 11.1. The van der Waals surface area contributed by atoms with Gasteiger partial charge in [-0.3, -0.25) is 4.90 Å². The number of hydrogen-bond donors (Lipinski definition) is 1. The molecule has 1 atom stereocenters. The van der Waals surface area contributed by atoms with Crippen molar-refractivity contribution < 1.29 is 32.2 Å². The molecule has 10 heteroatoms. The molecule has 1 unspecified atom stereocenters. The lowest BCUT2D eigenvalue weighted by Gasteiger charge is -2.35. The second kappa shape index (κ2) is 9.79. The number of rotatable bonds is 3. The highest BCUT2D eigenvalue weighted by Crippen LogP contribution is 2.35. The molecule has 2 aliphatic heterocycles. The van der Waals surface area contributed by atoms with Gasteiger partial charge in [-0.1, -0.05) is 42.0 Å². The third-order valence-electron chi connectivity index (χ3n) is 6.14. The van der Waals surface area contributed by atoms with Crippen LogP contribution in [0, 0.1) is 12.7 Å². The number of carboxylic acid groups (broad SMARTS) is 1. The van der Waals surface area contributed by atoms with Gasteiger partial charge in [0.15, 0.2) is 0 Å². The highest BCUT2D eigenvalue weighted by atomic mass is 19.4. The van der Waals surface area contributed by atoms with Crippen LogP contribution in [0.15, 0.2) is 54.7 Å². The molecule has 186 valence electrons. The van der Waals surface area contributed by atoms with Crippen molar-refractivity contribution in [3.63, 3.8) is 0 Å². The molecule has 1 aromatic heterocycles. The maximum absolute atomic E-state index is 13.7. The van der Waals surface area contributed by atoms with Crippen molar-refractivity contribution in [2.24, 2.45) is 0 Å². The highest BCUT2D eigenvalue weighted by Gasteiger charge is 2.43. The zero-order valence-corrected chi connectivity index (χ0v) is 19.1. The number of ether oxygens (including phenoxy) is 1. The van der Waals surface area contributed by atoms with Crippen LogP contribution in [-0.4, -0.2) is 50.4 Å². The largest absolute Gasteiger partial charge is 0.490 e. The minimum absolute atomic E-state index is 0.195. The number of carboxylic acids is 1. The van der Waals surface area contributed by atoms with Gasteiger partial charge in [0, 0.05) is 25.2 Å². The Morgan fingerprint density at radius 2 is 1.91 bits per heavy atom. The molecule has 1 N–H and O–H groups in total. The average molecular weight is 491 g/mol. The Morgan fingerprint density at radius 3 is 2.60 bits per heavy atom. The van der Waals surface area contributed by atoms with E-state index in [2.05, 4.69) is 45.6 Å². The first-order valence-corrected chi connectivity index (χ1v) is 11.1. The molecule has 1 saturated heterocycles. The van der Waals surface area contributed by atoms with Crippen molar-refractivity contribution in [1.82, 2.24) is 14.5 Å². The zero-order chi connectivity index (χ0) is 25.2. The second-order valence-corrected chi connectivity index (χ2v) is 8.88. The minimum Gasteiger partial charge on any atom is -0.475 e. The summed E-state index contributed by atoms with van der Waals surface area (Å²) >= 11 is 0. The number of fused-ring (bicyclic) bond motifs is 1. The van der Waals surface area contributed by atoms with Crippen molar-refractivity contribution in [2.45, 2.75) is 44.8 Å². The number of aryl methyl sites for hydroxylation is 1. The summed E-state index contributed by atoms with van der Waals surface area (Å²) in [5.74, 6) is -2.06. The van der Waals surface area contributed by atoms with Gasteiger partial charge in [-0.05, 0) is 31.0 Å². The van der Waals surface area contributed by atoms with Crippen molar-refractivity contribution >= 4 is 5.97 Å². The predicted molar refractivity (Wildman–Crippen MR) is 120 cm³/mol. The fourth-order valence-corrected chi connectivity index (χ4v) is 4.51. The maximum atomic E-state index is 13.7. The molecule has 0 aliphatic carbocycles. The van der Waals surface area contributed by atoms with Crippen LogP contribution in [0.2, 0.25) is 0 Å². The van der Waals surface area contributed by atoms with Gasteiger partial charge in [-0.15, -0.1) is 0 Å². The zero-order valence-electron chi connectivity index (χ0n) is 19.1. The topological polar surface area (TPSA) is 67.6 Å². The van der Waals surface area contributed by atoms with E-state index in [4.69, 9.17) is 14.6 Å². The van der Waals surface area contributed by atoms with Crippen LogP contribution in [0.1, 0.15) is 23.4 Å². The van der Waals surface area contributed by atoms with Crippen LogP contribution in [0.25, 0.3) is 11.3 Å². The molecule has 0 radical (unpaired) electrons. The lowest BCUT2D eigenvalue weighted by atomic mass is 10.0. The highest BCUT2D eigenvalue weighted by molar-refractivity contribution is 5.73. The van der Waals surface area contributed by atoms with E-state index in [1.54, 1.807) is 12.1 Å². The van der Waals surface area contributed by atoms with E-state index in [1.807, 2.05) is 12.3 Å². The van der Waals surface area contributed by atoms with E-state index < -0.39 is 12.1 Å². The van der Waals surface area contributed by atoms with Crippen LogP contribution in [0.3, 0.4) is 0 Å². The molecule has 3 heterocycles. The fraction of sp³-hybridized carbons (Fsp3) is 0.360. The number of nitrogens with zero attached hydrogens (tertiary/aromatic N) is 3. The Kier molecular flexibility index (Phi) is 6.95. The van der Waals surface area contributed by atoms with Crippen molar-refractivity contribution in [3.05, 3.63) is 77.5 Å². The minimum atomic E-state index is -5.08. The van der Waals surface area contributed by atoms with Crippen molar-refractivity contribution in [1.29, 1.82) is 0 Å². The Hall–Kier alpha value is -3.24. The molecule has 3 aromatic rings. The number of imidazole rings is 1. The first kappa shape index (κ1) is 24.9. The number of aromatic nitrogens is 2. The number of hydrogen-bond acceptors (Lipinski definition) is 4. The molecule has 2 aromatic carbocycles. The van der Waals surface area contributed by atoms with E-state index in [1.165, 1.54) is 17.2 Å². The molecule has 35 heavy (non-hydrogen) atoms. The van der Waals surface area contributed by atoms with Crippen LogP contribution in [0.5, 0.6) is 0 Å². The summed E-state index contributed by atoms with van der Waals surface area (Å²) in [6.07, 6.45) is -2.25. The monoisotopic (exact) mass is 491 g/mol. The third-order valence-corrected chi connectivity index (χ3v) is 6.14. The van der Waals surface area contributed by atoms with Crippen LogP contribution in [0.4, 0.5) is 17.6 Å². The van der Waals surface area contributed by atoms with Gasteiger partial charge in [-0.25, -0.2) is 14.2 Å². The average Bonchev–Trinajstić information content (AvgIpc) is 3.37. The number of halogens is 4. The summed E-state index contributed by atoms with van der Waals surface area (Å²) in [4.78, 5) is 15.9. The van der Waals surface area contributed by atoms with Gasteiger partial charge < -0.3 is 14.4 Å². The molecule has 5 rings (SSSR count). The maximum Gasteiger partial charge on any atom is 0.490 e. The summed E-state index contributed by atoms with van der Waals surface area (Å²) < 4.78 is 54.0. The molecular formula is C25H25F4N3O3. The molecule has 0 saturated carbocycles. The number of carbonyl (C=O) groups is 1. The van der Waals surface area contributed by atoms with Crippen LogP contribution in [-0.2, 0) is 29.2 Å². The quantitative estimate of drug-likeness (QED) is 0.533. The number of benzene rings is 2. The molecule has 6 nitrogen and oxygen atoms in total. The molecule has 2 aliphatic rings. The third kappa shape index (κ3) is 5.88. The summed E-state index contributed by atoms with van der Waals surface area (Å²) in [6, 6.07) is 15.4. The Labute approximate surface area is 199 Å². The van der Waals surface area contributed by atoms with E-state index in [-0.39, 0.29) is 11.4 Å². The van der Waals surface area contributed by atoms with Crippen molar-refractivity contribution in [2.75, 3.05) is 13.1 Å². The van der Waals surface area contributed by atoms with E-state index in [0.717, 1.165) is 49.7 Å².